The Labute approximate surface area is 186 Å². The SMILES string of the molecule is COc1ccc(Cc2cc(Cc3ccc(OC)cc3)c3ccc(=O)n4c3c2OCC4)cc1. The van der Waals surface area contributed by atoms with Gasteiger partial charge in [0.15, 0.2) is 0 Å². The van der Waals surface area contributed by atoms with Crippen LogP contribution < -0.4 is 19.8 Å². The van der Waals surface area contributed by atoms with Crippen LogP contribution in [-0.4, -0.2) is 25.4 Å². The molecule has 1 aliphatic heterocycles. The third kappa shape index (κ3) is 3.71. The van der Waals surface area contributed by atoms with Gasteiger partial charge in [-0.25, -0.2) is 0 Å². The summed E-state index contributed by atoms with van der Waals surface area (Å²) in [6, 6.07) is 22.0. The lowest BCUT2D eigenvalue weighted by Crippen LogP contribution is -2.27. The molecule has 0 amide bonds. The Morgan fingerprint density at radius 3 is 2.00 bits per heavy atom. The quantitative estimate of drug-likeness (QED) is 0.452. The van der Waals surface area contributed by atoms with Crippen molar-refractivity contribution in [2.45, 2.75) is 19.4 Å². The summed E-state index contributed by atoms with van der Waals surface area (Å²) >= 11 is 0. The van der Waals surface area contributed by atoms with Gasteiger partial charge in [-0.15, -0.1) is 0 Å². The molecule has 1 aromatic heterocycles. The van der Waals surface area contributed by atoms with Crippen LogP contribution in [0.3, 0.4) is 0 Å². The molecule has 0 atom stereocenters. The molecule has 0 saturated heterocycles. The number of rotatable bonds is 6. The second-order valence-electron chi connectivity index (χ2n) is 8.01. The number of methoxy groups -OCH3 is 2. The van der Waals surface area contributed by atoms with E-state index >= 15 is 0 Å². The van der Waals surface area contributed by atoms with Crippen molar-refractivity contribution in [2.24, 2.45) is 0 Å². The van der Waals surface area contributed by atoms with Gasteiger partial charge >= 0.3 is 0 Å². The van der Waals surface area contributed by atoms with Gasteiger partial charge in [-0.05, 0) is 53.4 Å². The van der Waals surface area contributed by atoms with Crippen molar-refractivity contribution >= 4 is 10.9 Å². The Hall–Kier alpha value is -3.73. The molecule has 0 fully saturated rings. The van der Waals surface area contributed by atoms with E-state index in [1.807, 2.05) is 34.9 Å². The van der Waals surface area contributed by atoms with Crippen LogP contribution in [0.1, 0.15) is 22.3 Å². The zero-order valence-corrected chi connectivity index (χ0v) is 18.3. The van der Waals surface area contributed by atoms with E-state index in [9.17, 15) is 4.79 Å². The van der Waals surface area contributed by atoms with Crippen molar-refractivity contribution in [2.75, 3.05) is 20.8 Å². The minimum atomic E-state index is 0.0130. The molecule has 4 aromatic rings. The molecule has 5 heteroatoms. The molecule has 0 saturated carbocycles. The summed E-state index contributed by atoms with van der Waals surface area (Å²) in [7, 11) is 3.34. The Balaban J connectivity index is 1.63. The van der Waals surface area contributed by atoms with Gasteiger partial charge in [0.2, 0.25) is 0 Å². The van der Waals surface area contributed by atoms with Crippen molar-refractivity contribution in [1.29, 1.82) is 0 Å². The number of pyridine rings is 1. The van der Waals surface area contributed by atoms with E-state index in [0.29, 0.717) is 19.6 Å². The van der Waals surface area contributed by atoms with Gasteiger partial charge in [-0.3, -0.25) is 4.79 Å². The predicted octanol–water partition coefficient (Wildman–Crippen LogP) is 4.59. The molecular weight excluding hydrogens is 402 g/mol. The van der Waals surface area contributed by atoms with Gasteiger partial charge < -0.3 is 18.8 Å². The first kappa shape index (κ1) is 20.2. The zero-order chi connectivity index (χ0) is 22.1. The first-order chi connectivity index (χ1) is 15.7. The number of hydrogen-bond acceptors (Lipinski definition) is 4. The lowest BCUT2D eigenvalue weighted by atomic mass is 9.93. The second kappa shape index (κ2) is 8.42. The third-order valence-corrected chi connectivity index (χ3v) is 6.05. The molecule has 32 heavy (non-hydrogen) atoms. The van der Waals surface area contributed by atoms with Crippen molar-refractivity contribution in [3.05, 3.63) is 99.3 Å². The lowest BCUT2D eigenvalue weighted by molar-refractivity contribution is 0.281. The minimum Gasteiger partial charge on any atom is -0.497 e. The fraction of sp³-hybridized carbons (Fsp3) is 0.222. The molecule has 0 spiro atoms. The lowest BCUT2D eigenvalue weighted by Gasteiger charge is -2.24. The summed E-state index contributed by atoms with van der Waals surface area (Å²) in [5.74, 6) is 2.49. The van der Waals surface area contributed by atoms with E-state index in [0.717, 1.165) is 45.7 Å². The highest BCUT2D eigenvalue weighted by molar-refractivity contribution is 5.90. The van der Waals surface area contributed by atoms with Crippen molar-refractivity contribution in [3.63, 3.8) is 0 Å². The van der Waals surface area contributed by atoms with Gasteiger partial charge in [-0.2, -0.15) is 0 Å². The van der Waals surface area contributed by atoms with Gasteiger partial charge in [0.25, 0.3) is 5.56 Å². The molecule has 1 aliphatic rings. The first-order valence-corrected chi connectivity index (χ1v) is 10.7. The summed E-state index contributed by atoms with van der Waals surface area (Å²) in [4.78, 5) is 12.6. The topological polar surface area (TPSA) is 49.7 Å². The number of ether oxygens (including phenoxy) is 3. The zero-order valence-electron chi connectivity index (χ0n) is 18.3. The maximum absolute atomic E-state index is 12.6. The average molecular weight is 428 g/mol. The summed E-state index contributed by atoms with van der Waals surface area (Å²) < 4.78 is 18.6. The molecule has 162 valence electrons. The predicted molar refractivity (Wildman–Crippen MR) is 125 cm³/mol. The second-order valence-corrected chi connectivity index (χ2v) is 8.01. The molecule has 0 unspecified atom stereocenters. The van der Waals surface area contributed by atoms with Crippen LogP contribution in [0.4, 0.5) is 0 Å². The molecule has 2 heterocycles. The highest BCUT2D eigenvalue weighted by Crippen LogP contribution is 2.36. The summed E-state index contributed by atoms with van der Waals surface area (Å²) in [5.41, 5.74) is 5.53. The van der Waals surface area contributed by atoms with Crippen LogP contribution >= 0.6 is 0 Å². The summed E-state index contributed by atoms with van der Waals surface area (Å²) in [5, 5.41) is 1.06. The molecule has 0 N–H and O–H groups in total. The van der Waals surface area contributed by atoms with Gasteiger partial charge in [0, 0.05) is 23.4 Å². The number of aromatic nitrogens is 1. The normalized spacial score (nSPS) is 12.4. The van der Waals surface area contributed by atoms with E-state index in [2.05, 4.69) is 30.3 Å². The summed E-state index contributed by atoms with van der Waals surface area (Å²) in [6.45, 7) is 1.07. The summed E-state index contributed by atoms with van der Waals surface area (Å²) in [6.07, 6.45) is 1.47. The minimum absolute atomic E-state index is 0.0130. The van der Waals surface area contributed by atoms with Crippen LogP contribution in [0.15, 0.2) is 71.5 Å². The average Bonchev–Trinajstić information content (AvgIpc) is 2.84. The molecule has 5 rings (SSSR count). The van der Waals surface area contributed by atoms with Crippen LogP contribution in [-0.2, 0) is 19.4 Å². The maximum Gasteiger partial charge on any atom is 0.251 e. The first-order valence-electron chi connectivity index (χ1n) is 10.7. The standard InChI is InChI=1S/C27H25NO4/c1-30-22-7-3-18(4-8-22)15-20-17-21(16-19-5-9-23(31-2)10-6-19)27-26-24(20)11-12-25(29)28(26)13-14-32-27/h3-12,17H,13-16H2,1-2H3. The number of nitrogens with zero attached hydrogens (tertiary/aromatic N) is 1. The fourth-order valence-corrected chi connectivity index (χ4v) is 4.42. The largest absolute Gasteiger partial charge is 0.497 e. The van der Waals surface area contributed by atoms with Gasteiger partial charge in [0.05, 0.1) is 26.3 Å². The molecule has 0 aliphatic carbocycles. The van der Waals surface area contributed by atoms with E-state index in [1.54, 1.807) is 20.3 Å². The van der Waals surface area contributed by atoms with Gasteiger partial charge in [0.1, 0.15) is 23.9 Å². The molecule has 5 nitrogen and oxygen atoms in total. The van der Waals surface area contributed by atoms with Crippen LogP contribution in [0.5, 0.6) is 17.2 Å². The van der Waals surface area contributed by atoms with E-state index in [4.69, 9.17) is 14.2 Å². The molecule has 0 radical (unpaired) electrons. The Morgan fingerprint density at radius 2 is 1.41 bits per heavy atom. The Morgan fingerprint density at radius 1 is 0.812 bits per heavy atom. The molecule has 3 aromatic carbocycles. The van der Waals surface area contributed by atoms with E-state index in [1.165, 1.54) is 11.1 Å². The van der Waals surface area contributed by atoms with Crippen molar-refractivity contribution in [1.82, 2.24) is 4.57 Å². The maximum atomic E-state index is 12.6. The number of benzene rings is 3. The van der Waals surface area contributed by atoms with Crippen LogP contribution in [0, 0.1) is 0 Å². The van der Waals surface area contributed by atoms with Crippen LogP contribution in [0.25, 0.3) is 10.9 Å². The van der Waals surface area contributed by atoms with Crippen molar-refractivity contribution in [3.8, 4) is 17.2 Å². The monoisotopic (exact) mass is 427 g/mol. The van der Waals surface area contributed by atoms with E-state index < -0.39 is 0 Å². The molecule has 0 bridgehead atoms. The van der Waals surface area contributed by atoms with Gasteiger partial charge in [-0.1, -0.05) is 30.3 Å². The van der Waals surface area contributed by atoms with Crippen molar-refractivity contribution < 1.29 is 14.2 Å². The Kier molecular flexibility index (Phi) is 5.31. The smallest absolute Gasteiger partial charge is 0.251 e. The van der Waals surface area contributed by atoms with E-state index in [-0.39, 0.29) is 5.56 Å². The molecular formula is C27H25NO4. The highest BCUT2D eigenvalue weighted by atomic mass is 16.5. The third-order valence-electron chi connectivity index (χ3n) is 6.05. The highest BCUT2D eigenvalue weighted by Gasteiger charge is 2.21. The van der Waals surface area contributed by atoms with Crippen LogP contribution in [0.2, 0.25) is 0 Å². The Bertz CT molecular complexity index is 1320. The number of hydrogen-bond donors (Lipinski definition) is 0. The fourth-order valence-electron chi connectivity index (χ4n) is 4.42.